The second-order valence-electron chi connectivity index (χ2n) is 17.7. The molecular formula is C45H74O10. The summed E-state index contributed by atoms with van der Waals surface area (Å²) in [5.41, 5.74) is 0. The number of ether oxygens (including phenoxy) is 3. The molecule has 0 aliphatic carbocycles. The molecule has 4 N–H and O–H groups in total. The van der Waals surface area contributed by atoms with E-state index < -0.39 is 77.6 Å². The van der Waals surface area contributed by atoms with Crippen LogP contribution >= 0.6 is 0 Å². The van der Waals surface area contributed by atoms with Gasteiger partial charge in [0.1, 0.15) is 17.7 Å². The Morgan fingerprint density at radius 1 is 0.764 bits per heavy atom. The minimum atomic E-state index is -1.30. The normalized spacial score (nSPS) is 46.1. The number of hydrogen-bond acceptors (Lipinski definition) is 10. The molecule has 2 bridgehead atoms. The molecule has 55 heavy (non-hydrogen) atoms. The SMILES string of the molecule is CC[C@@H]1/C=C\C=C/C[C@H](C)[C@H](O)[C@H](C)C(=O)[C@H](C)[C@H](O)[C@H](C)C(=O)[C@H](C)[C@H](O)[C@H](C)/C=C\C(=O)O[C@H]2[C@H](C)[C@@H](CC1)O[C@]1(CC[C@H](C)[C@H](C[C@@H](C)O)O1)[C@H]2C. The Labute approximate surface area is 331 Å². The fourth-order valence-electron chi connectivity index (χ4n) is 8.95. The van der Waals surface area contributed by atoms with E-state index in [0.717, 1.165) is 25.7 Å². The van der Waals surface area contributed by atoms with Crippen molar-refractivity contribution in [1.29, 1.82) is 0 Å². The van der Waals surface area contributed by atoms with Gasteiger partial charge in [-0.1, -0.05) is 99.6 Å². The van der Waals surface area contributed by atoms with Crippen LogP contribution in [0.4, 0.5) is 0 Å². The van der Waals surface area contributed by atoms with Crippen LogP contribution in [0.3, 0.4) is 0 Å². The maximum Gasteiger partial charge on any atom is 0.330 e. The molecule has 18 atom stereocenters. The molecule has 10 nitrogen and oxygen atoms in total. The zero-order valence-corrected chi connectivity index (χ0v) is 35.5. The van der Waals surface area contributed by atoms with Crippen LogP contribution in [0.1, 0.15) is 121 Å². The second-order valence-corrected chi connectivity index (χ2v) is 17.7. The first-order chi connectivity index (χ1) is 25.8. The average molecular weight is 775 g/mol. The van der Waals surface area contributed by atoms with Crippen LogP contribution in [-0.2, 0) is 28.6 Å². The topological polar surface area (TPSA) is 160 Å². The van der Waals surface area contributed by atoms with Crippen LogP contribution in [0.5, 0.6) is 0 Å². The summed E-state index contributed by atoms with van der Waals surface area (Å²) in [4.78, 5) is 40.4. The lowest BCUT2D eigenvalue weighted by Gasteiger charge is -2.55. The number of aliphatic hydroxyl groups is 4. The third kappa shape index (κ3) is 11.9. The highest BCUT2D eigenvalue weighted by atomic mass is 16.7. The van der Waals surface area contributed by atoms with E-state index in [4.69, 9.17) is 14.2 Å². The Morgan fingerprint density at radius 3 is 1.96 bits per heavy atom. The van der Waals surface area contributed by atoms with E-state index in [1.54, 1.807) is 47.6 Å². The standard InChI is InChI=1S/C45H74O10/c1-12-35-17-15-13-14-16-26(3)39(48)30(7)41(50)32(9)43(52)33(10)42(51)31(8)40(49)27(4)18-21-38(47)53-44-29(6)36(20-19-35)54-45(34(44)11)23-22-25(2)37(55-45)24-28(5)46/h13-15,17-18,21,25-37,39-40,43-44,46,48-49,52H,12,16,19-20,22-24H2,1-11H3/b14-13-,17-15-,21-18-/t25-,26-,27+,28+,29+,30-,31+,32-,33+,34-,35+,36+,37-,39-,40+,43-,44-,45-/m0/s1. The van der Waals surface area contributed by atoms with Gasteiger partial charge in [-0.2, -0.15) is 0 Å². The number of fused-ring (bicyclic) bond motifs is 2. The second kappa shape index (κ2) is 21.0. The third-order valence-electron chi connectivity index (χ3n) is 13.4. The van der Waals surface area contributed by atoms with Gasteiger partial charge in [0.25, 0.3) is 0 Å². The molecule has 0 aromatic carbocycles. The molecule has 3 heterocycles. The summed E-state index contributed by atoms with van der Waals surface area (Å²) in [6.07, 6.45) is 11.1. The number of rotatable bonds is 3. The zero-order chi connectivity index (χ0) is 41.4. The number of ketones is 2. The molecule has 10 heteroatoms. The predicted octanol–water partition coefficient (Wildman–Crippen LogP) is 6.77. The van der Waals surface area contributed by atoms with E-state index in [-0.39, 0.29) is 47.6 Å². The lowest BCUT2D eigenvalue weighted by molar-refractivity contribution is -0.371. The van der Waals surface area contributed by atoms with Crippen molar-refractivity contribution in [3.05, 3.63) is 36.5 Å². The fourth-order valence-corrected chi connectivity index (χ4v) is 8.95. The van der Waals surface area contributed by atoms with Crippen molar-refractivity contribution in [3.8, 4) is 0 Å². The first kappa shape index (κ1) is 47.2. The van der Waals surface area contributed by atoms with E-state index in [9.17, 15) is 34.8 Å². The van der Waals surface area contributed by atoms with E-state index in [1.165, 1.54) is 6.08 Å². The summed E-state index contributed by atoms with van der Waals surface area (Å²) in [6, 6.07) is 0. The van der Waals surface area contributed by atoms with Gasteiger partial charge in [0.2, 0.25) is 0 Å². The van der Waals surface area contributed by atoms with Crippen molar-refractivity contribution in [2.45, 2.75) is 170 Å². The highest BCUT2D eigenvalue weighted by Crippen LogP contribution is 2.49. The molecule has 2 fully saturated rings. The summed E-state index contributed by atoms with van der Waals surface area (Å²) in [6.45, 7) is 20.1. The van der Waals surface area contributed by atoms with Crippen LogP contribution in [0.15, 0.2) is 36.5 Å². The molecule has 0 unspecified atom stereocenters. The molecule has 3 rings (SSSR count). The minimum absolute atomic E-state index is 0.144. The number of Topliss-reactive ketones (excluding diaryl/α,β-unsaturated/α-hetero) is 2. The van der Waals surface area contributed by atoms with Crippen LogP contribution in [0.2, 0.25) is 0 Å². The number of esters is 1. The summed E-state index contributed by atoms with van der Waals surface area (Å²) in [5, 5.41) is 43.8. The largest absolute Gasteiger partial charge is 0.458 e. The number of hydrogen-bond donors (Lipinski definition) is 4. The van der Waals surface area contributed by atoms with Crippen LogP contribution in [-0.4, -0.2) is 86.5 Å². The fraction of sp³-hybridized carbons (Fsp3) is 0.800. The molecule has 0 amide bonds. The average Bonchev–Trinajstić information content (AvgIpc) is 3.16. The van der Waals surface area contributed by atoms with Crippen LogP contribution in [0.25, 0.3) is 0 Å². The molecule has 2 saturated heterocycles. The minimum Gasteiger partial charge on any atom is -0.458 e. The Hall–Kier alpha value is -2.21. The monoisotopic (exact) mass is 775 g/mol. The summed E-state index contributed by atoms with van der Waals surface area (Å²) in [5.74, 6) is -6.53. The molecule has 0 radical (unpaired) electrons. The van der Waals surface area contributed by atoms with Gasteiger partial charge in [0, 0.05) is 53.9 Å². The lowest BCUT2D eigenvalue weighted by Crippen LogP contribution is -2.62. The van der Waals surface area contributed by atoms with Crippen LogP contribution in [0, 0.1) is 59.2 Å². The van der Waals surface area contributed by atoms with Crippen molar-refractivity contribution >= 4 is 17.5 Å². The van der Waals surface area contributed by atoms with E-state index in [2.05, 4.69) is 26.8 Å². The van der Waals surface area contributed by atoms with E-state index in [0.29, 0.717) is 19.3 Å². The number of carbonyl (C=O) groups excluding carboxylic acids is 3. The third-order valence-corrected chi connectivity index (χ3v) is 13.4. The highest BCUT2D eigenvalue weighted by molar-refractivity contribution is 5.87. The number of allylic oxidation sites excluding steroid dienone is 4. The van der Waals surface area contributed by atoms with Gasteiger partial charge in [-0.15, -0.1) is 0 Å². The van der Waals surface area contributed by atoms with Crippen molar-refractivity contribution in [1.82, 2.24) is 0 Å². The molecule has 0 saturated carbocycles. The Kier molecular flexibility index (Phi) is 18.0. The molecule has 3 aliphatic rings. The smallest absolute Gasteiger partial charge is 0.330 e. The van der Waals surface area contributed by atoms with Crippen molar-refractivity contribution in [2.24, 2.45) is 59.2 Å². The first-order valence-electron chi connectivity index (χ1n) is 21.1. The zero-order valence-electron chi connectivity index (χ0n) is 35.5. The Bertz CT molecular complexity index is 1340. The van der Waals surface area contributed by atoms with Gasteiger partial charge in [0.05, 0.1) is 36.6 Å². The number of aliphatic hydroxyl groups excluding tert-OH is 4. The van der Waals surface area contributed by atoms with Gasteiger partial charge in [-0.05, 0) is 63.2 Å². The van der Waals surface area contributed by atoms with E-state index >= 15 is 0 Å². The number of carbonyl (C=O) groups is 3. The van der Waals surface area contributed by atoms with Gasteiger partial charge in [0.15, 0.2) is 5.79 Å². The molecule has 3 aliphatic heterocycles. The predicted molar refractivity (Wildman–Crippen MR) is 213 cm³/mol. The molecule has 314 valence electrons. The van der Waals surface area contributed by atoms with Crippen LogP contribution < -0.4 is 0 Å². The summed E-state index contributed by atoms with van der Waals surface area (Å²) >= 11 is 0. The molecule has 1 spiro atoms. The molecule has 0 aromatic heterocycles. The molecule has 0 aromatic rings. The maximum absolute atomic E-state index is 13.5. The van der Waals surface area contributed by atoms with Crippen molar-refractivity contribution in [3.63, 3.8) is 0 Å². The molecular weight excluding hydrogens is 700 g/mol. The summed E-state index contributed by atoms with van der Waals surface area (Å²) < 4.78 is 20.0. The Balaban J connectivity index is 1.97. The summed E-state index contributed by atoms with van der Waals surface area (Å²) in [7, 11) is 0. The first-order valence-corrected chi connectivity index (χ1v) is 21.1. The van der Waals surface area contributed by atoms with Gasteiger partial charge in [-0.25, -0.2) is 4.79 Å². The van der Waals surface area contributed by atoms with Crippen molar-refractivity contribution < 1.29 is 49.0 Å². The highest BCUT2D eigenvalue weighted by Gasteiger charge is 2.56. The quantitative estimate of drug-likeness (QED) is 0.226. The van der Waals surface area contributed by atoms with E-state index in [1.807, 2.05) is 32.1 Å². The van der Waals surface area contributed by atoms with Gasteiger partial charge in [-0.3, -0.25) is 9.59 Å². The maximum atomic E-state index is 13.5. The van der Waals surface area contributed by atoms with Gasteiger partial charge < -0.3 is 34.6 Å². The van der Waals surface area contributed by atoms with Gasteiger partial charge >= 0.3 is 5.97 Å². The Morgan fingerprint density at radius 2 is 1.36 bits per heavy atom. The lowest BCUT2D eigenvalue weighted by atomic mass is 9.74. The van der Waals surface area contributed by atoms with Crippen molar-refractivity contribution in [2.75, 3.05) is 0 Å².